The van der Waals surface area contributed by atoms with E-state index in [1.165, 1.54) is 4.90 Å². The molecule has 0 saturated carbocycles. The number of likely N-dealkylation sites (tertiary alicyclic amines) is 1. The van der Waals surface area contributed by atoms with Gasteiger partial charge in [-0.05, 0) is 34.7 Å². The van der Waals surface area contributed by atoms with E-state index in [0.717, 1.165) is 17.4 Å². The van der Waals surface area contributed by atoms with Gasteiger partial charge in [-0.25, -0.2) is 4.79 Å². The summed E-state index contributed by atoms with van der Waals surface area (Å²) in [5.41, 5.74) is 2.30. The van der Waals surface area contributed by atoms with Crippen molar-refractivity contribution in [1.29, 1.82) is 0 Å². The number of nitrogens with zero attached hydrogens (tertiary/aromatic N) is 1. The van der Waals surface area contributed by atoms with Gasteiger partial charge in [0.1, 0.15) is 18.1 Å². The Labute approximate surface area is 153 Å². The Morgan fingerprint density at radius 2 is 1.81 bits per heavy atom. The van der Waals surface area contributed by atoms with Crippen LogP contribution in [-0.2, 0) is 0 Å². The Bertz CT molecular complexity index is 825. The number of amides is 1. The predicted octanol–water partition coefficient (Wildman–Crippen LogP) is 4.32. The van der Waals surface area contributed by atoms with Crippen LogP contribution < -0.4 is 4.74 Å². The molecule has 1 fully saturated rings. The lowest BCUT2D eigenvalue weighted by Crippen LogP contribution is -2.68. The molecule has 5 heteroatoms. The number of carbonyl (C=O) groups excluding carboxylic acids is 1. The standard InChI is InChI=1S/C21H23NO4/c1-21(2,3)19-18(12-22(19)20(24)25)26-17-9-5-8-16(11-17)15-7-4-6-14(10-15)13-23/h4-11,13,18-19H,12H2,1-3H3,(H,24,25). The molecule has 1 heterocycles. The van der Waals surface area contributed by atoms with Crippen molar-refractivity contribution in [2.75, 3.05) is 6.54 Å². The van der Waals surface area contributed by atoms with E-state index in [9.17, 15) is 14.7 Å². The number of hydrogen-bond acceptors (Lipinski definition) is 3. The maximum Gasteiger partial charge on any atom is 0.407 e. The molecule has 0 spiro atoms. The van der Waals surface area contributed by atoms with Crippen LogP contribution in [0, 0.1) is 5.41 Å². The number of carboxylic acid groups (broad SMARTS) is 1. The van der Waals surface area contributed by atoms with Crippen molar-refractivity contribution in [3.63, 3.8) is 0 Å². The number of rotatable bonds is 4. The van der Waals surface area contributed by atoms with Gasteiger partial charge < -0.3 is 9.84 Å². The van der Waals surface area contributed by atoms with Crippen LogP contribution in [0.3, 0.4) is 0 Å². The fourth-order valence-electron chi connectivity index (χ4n) is 3.51. The second-order valence-corrected chi connectivity index (χ2v) is 7.67. The summed E-state index contributed by atoms with van der Waals surface area (Å²) < 4.78 is 6.11. The van der Waals surface area contributed by atoms with Crippen LogP contribution in [0.4, 0.5) is 4.79 Å². The molecule has 2 unspecified atom stereocenters. The lowest BCUT2D eigenvalue weighted by Gasteiger charge is -2.51. The molecule has 1 N–H and O–H groups in total. The van der Waals surface area contributed by atoms with Crippen molar-refractivity contribution < 1.29 is 19.4 Å². The molecule has 136 valence electrons. The minimum absolute atomic E-state index is 0.178. The van der Waals surface area contributed by atoms with Crippen LogP contribution >= 0.6 is 0 Å². The monoisotopic (exact) mass is 353 g/mol. The van der Waals surface area contributed by atoms with Gasteiger partial charge in [-0.3, -0.25) is 9.69 Å². The van der Waals surface area contributed by atoms with Gasteiger partial charge in [0.2, 0.25) is 0 Å². The summed E-state index contributed by atoms with van der Waals surface area (Å²) in [6.45, 7) is 6.42. The van der Waals surface area contributed by atoms with Crippen LogP contribution in [0.5, 0.6) is 5.75 Å². The van der Waals surface area contributed by atoms with Crippen molar-refractivity contribution in [2.45, 2.75) is 32.9 Å². The first-order chi connectivity index (χ1) is 12.3. The van der Waals surface area contributed by atoms with Gasteiger partial charge >= 0.3 is 6.09 Å². The molecule has 0 aromatic heterocycles. The van der Waals surface area contributed by atoms with Gasteiger partial charge in [0, 0.05) is 5.56 Å². The molecule has 0 radical (unpaired) electrons. The lowest BCUT2D eigenvalue weighted by atomic mass is 9.77. The molecular weight excluding hydrogens is 330 g/mol. The van der Waals surface area contributed by atoms with Crippen molar-refractivity contribution in [3.8, 4) is 16.9 Å². The smallest absolute Gasteiger partial charge is 0.407 e. The largest absolute Gasteiger partial charge is 0.486 e. The summed E-state index contributed by atoms with van der Waals surface area (Å²) in [6.07, 6.45) is -0.265. The molecule has 26 heavy (non-hydrogen) atoms. The summed E-state index contributed by atoms with van der Waals surface area (Å²) >= 11 is 0. The third kappa shape index (κ3) is 3.57. The molecule has 3 rings (SSSR count). The Hall–Kier alpha value is -2.82. The average Bonchev–Trinajstić information content (AvgIpc) is 2.56. The maximum absolute atomic E-state index is 11.4. The molecule has 1 amide bonds. The van der Waals surface area contributed by atoms with Crippen LogP contribution in [-0.4, -0.2) is 41.1 Å². The van der Waals surface area contributed by atoms with E-state index in [0.29, 0.717) is 17.9 Å². The quantitative estimate of drug-likeness (QED) is 0.831. The summed E-state index contributed by atoms with van der Waals surface area (Å²) in [5, 5.41) is 9.33. The van der Waals surface area contributed by atoms with E-state index in [1.54, 1.807) is 6.07 Å². The zero-order valence-electron chi connectivity index (χ0n) is 15.2. The molecule has 2 aromatic carbocycles. The first kappa shape index (κ1) is 18.0. The van der Waals surface area contributed by atoms with Crippen LogP contribution in [0.2, 0.25) is 0 Å². The molecule has 0 aliphatic carbocycles. The lowest BCUT2D eigenvalue weighted by molar-refractivity contribution is -0.0774. The molecule has 1 aliphatic rings. The minimum atomic E-state index is -0.913. The highest BCUT2D eigenvalue weighted by atomic mass is 16.5. The second kappa shape index (κ2) is 6.83. The average molecular weight is 353 g/mol. The van der Waals surface area contributed by atoms with E-state index < -0.39 is 6.09 Å². The molecule has 2 atom stereocenters. The molecular formula is C21H23NO4. The van der Waals surface area contributed by atoms with Crippen LogP contribution in [0.25, 0.3) is 11.1 Å². The summed E-state index contributed by atoms with van der Waals surface area (Å²) in [5.74, 6) is 0.697. The number of hydrogen-bond donors (Lipinski definition) is 1. The number of carbonyl (C=O) groups is 2. The predicted molar refractivity (Wildman–Crippen MR) is 99.7 cm³/mol. The third-order valence-electron chi connectivity index (χ3n) is 4.68. The van der Waals surface area contributed by atoms with Gasteiger partial charge in [0.05, 0.1) is 12.6 Å². The fraction of sp³-hybridized carbons (Fsp3) is 0.333. The topological polar surface area (TPSA) is 66.8 Å². The highest BCUT2D eigenvalue weighted by Gasteiger charge is 2.50. The third-order valence-corrected chi connectivity index (χ3v) is 4.68. The zero-order valence-corrected chi connectivity index (χ0v) is 15.2. The highest BCUT2D eigenvalue weighted by Crippen LogP contribution is 2.37. The summed E-state index contributed by atoms with van der Waals surface area (Å²) in [7, 11) is 0. The summed E-state index contributed by atoms with van der Waals surface area (Å²) in [4.78, 5) is 23.8. The molecule has 1 aliphatic heterocycles. The van der Waals surface area contributed by atoms with E-state index in [1.807, 2.05) is 63.2 Å². The Morgan fingerprint density at radius 3 is 2.42 bits per heavy atom. The normalized spacial score (nSPS) is 19.6. The van der Waals surface area contributed by atoms with E-state index in [4.69, 9.17) is 4.74 Å². The van der Waals surface area contributed by atoms with Gasteiger partial charge in [0.15, 0.2) is 0 Å². The maximum atomic E-state index is 11.4. The second-order valence-electron chi connectivity index (χ2n) is 7.67. The fourth-order valence-corrected chi connectivity index (χ4v) is 3.51. The molecule has 0 bridgehead atoms. The van der Waals surface area contributed by atoms with Crippen molar-refractivity contribution in [1.82, 2.24) is 4.90 Å². The zero-order chi connectivity index (χ0) is 18.9. The van der Waals surface area contributed by atoms with Crippen molar-refractivity contribution in [3.05, 3.63) is 54.1 Å². The van der Waals surface area contributed by atoms with Gasteiger partial charge in [-0.1, -0.05) is 51.1 Å². The molecule has 5 nitrogen and oxygen atoms in total. The first-order valence-electron chi connectivity index (χ1n) is 8.61. The molecule has 2 aromatic rings. The number of aldehydes is 1. The Balaban J connectivity index is 1.81. The molecule has 1 saturated heterocycles. The summed E-state index contributed by atoms with van der Waals surface area (Å²) in [6, 6.07) is 14.9. The van der Waals surface area contributed by atoms with E-state index in [-0.39, 0.29) is 17.6 Å². The van der Waals surface area contributed by atoms with Gasteiger partial charge in [0.25, 0.3) is 0 Å². The van der Waals surface area contributed by atoms with Gasteiger partial charge in [-0.2, -0.15) is 0 Å². The Morgan fingerprint density at radius 1 is 1.15 bits per heavy atom. The van der Waals surface area contributed by atoms with E-state index in [2.05, 4.69) is 0 Å². The van der Waals surface area contributed by atoms with E-state index >= 15 is 0 Å². The highest BCUT2D eigenvalue weighted by molar-refractivity contribution is 5.79. The van der Waals surface area contributed by atoms with Gasteiger partial charge in [-0.15, -0.1) is 0 Å². The Kier molecular flexibility index (Phi) is 4.72. The van der Waals surface area contributed by atoms with Crippen molar-refractivity contribution >= 4 is 12.4 Å². The van der Waals surface area contributed by atoms with Crippen LogP contribution in [0.1, 0.15) is 31.1 Å². The van der Waals surface area contributed by atoms with Crippen molar-refractivity contribution in [2.24, 2.45) is 5.41 Å². The number of benzene rings is 2. The number of ether oxygens (including phenoxy) is 1. The minimum Gasteiger partial charge on any atom is -0.486 e. The van der Waals surface area contributed by atoms with Crippen LogP contribution in [0.15, 0.2) is 48.5 Å². The first-order valence-corrected chi connectivity index (χ1v) is 8.61. The SMILES string of the molecule is CC(C)(C)C1C(Oc2cccc(-c3cccc(C=O)c3)c2)CN1C(=O)O.